The number of rotatable bonds is 6. The standard InChI is InChI=1S/C27H23N3O5/c1-17-11-12-23(18(2)13-17)28-24(31)16-35-21-10-6-7-19(14-21)15-22-25(32)29-27(34)30(26(22)33)20-8-4-3-5-9-20/h3-15H,16H2,1-2H3,(H,28,31)(H,29,32,34)/b22-15-. The number of hydrogen-bond donors (Lipinski definition) is 2. The van der Waals surface area contributed by atoms with Crippen molar-refractivity contribution in [3.8, 4) is 5.75 Å². The maximum Gasteiger partial charge on any atom is 0.335 e. The van der Waals surface area contributed by atoms with Crippen molar-refractivity contribution in [2.75, 3.05) is 16.8 Å². The third-order valence-electron chi connectivity index (χ3n) is 5.31. The van der Waals surface area contributed by atoms with Crippen molar-refractivity contribution in [2.45, 2.75) is 13.8 Å². The van der Waals surface area contributed by atoms with Gasteiger partial charge < -0.3 is 10.1 Å². The van der Waals surface area contributed by atoms with Gasteiger partial charge >= 0.3 is 6.03 Å². The van der Waals surface area contributed by atoms with Gasteiger partial charge in [-0.05, 0) is 61.4 Å². The molecule has 0 aliphatic carbocycles. The number of anilines is 2. The number of nitrogens with one attached hydrogen (secondary N) is 2. The summed E-state index contributed by atoms with van der Waals surface area (Å²) in [6, 6.07) is 19.9. The van der Waals surface area contributed by atoms with E-state index in [0.717, 1.165) is 16.0 Å². The number of aryl methyl sites for hydroxylation is 2. The Hall–Kier alpha value is -4.72. The minimum absolute atomic E-state index is 0.196. The van der Waals surface area contributed by atoms with E-state index in [2.05, 4.69) is 10.6 Å². The Morgan fingerprint density at radius 2 is 1.74 bits per heavy atom. The van der Waals surface area contributed by atoms with Gasteiger partial charge in [0.2, 0.25) is 0 Å². The Bertz CT molecular complexity index is 1350. The number of carbonyl (C=O) groups excluding carboxylic acids is 4. The van der Waals surface area contributed by atoms with Crippen LogP contribution in [0.1, 0.15) is 16.7 Å². The summed E-state index contributed by atoms with van der Waals surface area (Å²) in [4.78, 5) is 50.9. The zero-order valence-corrected chi connectivity index (χ0v) is 19.2. The molecule has 0 unspecified atom stereocenters. The van der Waals surface area contributed by atoms with Crippen molar-refractivity contribution in [2.24, 2.45) is 0 Å². The van der Waals surface area contributed by atoms with Gasteiger partial charge in [-0.1, -0.05) is 48.0 Å². The second-order valence-corrected chi connectivity index (χ2v) is 8.02. The lowest BCUT2D eigenvalue weighted by Crippen LogP contribution is -2.54. The number of nitrogens with zero attached hydrogens (tertiary/aromatic N) is 1. The number of urea groups is 1. The number of imide groups is 2. The van der Waals surface area contributed by atoms with E-state index >= 15 is 0 Å². The minimum atomic E-state index is -0.810. The van der Waals surface area contributed by atoms with Gasteiger partial charge in [0.05, 0.1) is 5.69 Å². The van der Waals surface area contributed by atoms with Crippen LogP contribution in [0, 0.1) is 13.8 Å². The molecule has 35 heavy (non-hydrogen) atoms. The fourth-order valence-electron chi connectivity index (χ4n) is 3.62. The maximum atomic E-state index is 13.0. The van der Waals surface area contributed by atoms with Gasteiger partial charge in [-0.15, -0.1) is 0 Å². The number of carbonyl (C=O) groups is 4. The highest BCUT2D eigenvalue weighted by molar-refractivity contribution is 6.39. The van der Waals surface area contributed by atoms with E-state index in [-0.39, 0.29) is 18.1 Å². The highest BCUT2D eigenvalue weighted by Crippen LogP contribution is 2.23. The molecule has 0 atom stereocenters. The van der Waals surface area contributed by atoms with Crippen LogP contribution in [0.15, 0.2) is 78.4 Å². The van der Waals surface area contributed by atoms with Gasteiger partial charge in [0.25, 0.3) is 17.7 Å². The van der Waals surface area contributed by atoms with Crippen molar-refractivity contribution in [3.05, 3.63) is 95.1 Å². The van der Waals surface area contributed by atoms with Crippen molar-refractivity contribution in [1.82, 2.24) is 5.32 Å². The summed E-state index contributed by atoms with van der Waals surface area (Å²) in [5.74, 6) is -1.45. The number of ether oxygens (including phenoxy) is 1. The first-order valence-electron chi connectivity index (χ1n) is 10.9. The first-order chi connectivity index (χ1) is 16.8. The van der Waals surface area contributed by atoms with Crippen molar-refractivity contribution < 1.29 is 23.9 Å². The molecule has 1 aliphatic heterocycles. The average molecular weight is 469 g/mol. The van der Waals surface area contributed by atoms with Crippen LogP contribution < -0.4 is 20.3 Å². The Kier molecular flexibility index (Phi) is 6.73. The Labute approximate surface area is 202 Å². The Morgan fingerprint density at radius 1 is 0.971 bits per heavy atom. The first-order valence-corrected chi connectivity index (χ1v) is 10.9. The van der Waals surface area contributed by atoms with Crippen LogP contribution in [-0.4, -0.2) is 30.4 Å². The van der Waals surface area contributed by atoms with E-state index in [0.29, 0.717) is 22.7 Å². The molecule has 1 fully saturated rings. The van der Waals surface area contributed by atoms with Crippen LogP contribution in [0.4, 0.5) is 16.2 Å². The van der Waals surface area contributed by atoms with Gasteiger partial charge in [0.15, 0.2) is 6.61 Å². The maximum absolute atomic E-state index is 13.0. The van der Waals surface area contributed by atoms with E-state index in [1.54, 1.807) is 54.6 Å². The van der Waals surface area contributed by atoms with Gasteiger partial charge in [0.1, 0.15) is 11.3 Å². The zero-order chi connectivity index (χ0) is 24.9. The summed E-state index contributed by atoms with van der Waals surface area (Å²) in [7, 11) is 0. The van der Waals surface area contributed by atoms with E-state index in [9.17, 15) is 19.2 Å². The molecule has 0 bridgehead atoms. The van der Waals surface area contributed by atoms with E-state index in [1.165, 1.54) is 6.08 Å². The third-order valence-corrected chi connectivity index (χ3v) is 5.31. The van der Waals surface area contributed by atoms with Crippen LogP contribution in [0.2, 0.25) is 0 Å². The summed E-state index contributed by atoms with van der Waals surface area (Å²) in [6.45, 7) is 3.67. The number of benzene rings is 3. The molecule has 4 rings (SSSR count). The fourth-order valence-corrected chi connectivity index (χ4v) is 3.62. The second kappa shape index (κ2) is 10.0. The molecule has 2 N–H and O–H groups in total. The van der Waals surface area contributed by atoms with Gasteiger partial charge in [-0.3, -0.25) is 19.7 Å². The Balaban J connectivity index is 1.47. The first kappa shape index (κ1) is 23.4. The molecule has 5 amide bonds. The van der Waals surface area contributed by atoms with Gasteiger partial charge in [0, 0.05) is 5.69 Å². The molecule has 176 valence electrons. The molecule has 1 heterocycles. The van der Waals surface area contributed by atoms with E-state index < -0.39 is 17.8 Å². The van der Waals surface area contributed by atoms with Gasteiger partial charge in [-0.25, -0.2) is 9.69 Å². The molecule has 1 aliphatic rings. The molecule has 0 saturated carbocycles. The quantitative estimate of drug-likeness (QED) is 0.420. The number of hydrogen-bond acceptors (Lipinski definition) is 5. The van der Waals surface area contributed by atoms with Gasteiger partial charge in [-0.2, -0.15) is 0 Å². The summed E-state index contributed by atoms with van der Waals surface area (Å²) < 4.78 is 5.60. The molecular weight excluding hydrogens is 446 g/mol. The van der Waals surface area contributed by atoms with E-state index in [1.807, 2.05) is 32.0 Å². The molecule has 0 radical (unpaired) electrons. The molecule has 1 saturated heterocycles. The zero-order valence-electron chi connectivity index (χ0n) is 19.2. The molecular formula is C27H23N3O5. The highest BCUT2D eigenvalue weighted by Gasteiger charge is 2.36. The predicted molar refractivity (Wildman–Crippen MR) is 132 cm³/mol. The van der Waals surface area contributed by atoms with Crippen LogP contribution >= 0.6 is 0 Å². The number of para-hydroxylation sites is 1. The summed E-state index contributed by atoms with van der Waals surface area (Å²) in [6.07, 6.45) is 1.38. The minimum Gasteiger partial charge on any atom is -0.484 e. The van der Waals surface area contributed by atoms with Crippen LogP contribution in [0.3, 0.4) is 0 Å². The normalized spacial score (nSPS) is 14.6. The van der Waals surface area contributed by atoms with Crippen molar-refractivity contribution in [3.63, 3.8) is 0 Å². The summed E-state index contributed by atoms with van der Waals surface area (Å²) in [5, 5.41) is 5.00. The average Bonchev–Trinajstić information content (AvgIpc) is 2.83. The molecule has 0 aromatic heterocycles. The monoisotopic (exact) mass is 469 g/mol. The number of amides is 5. The van der Waals surface area contributed by atoms with E-state index in [4.69, 9.17) is 4.74 Å². The molecule has 3 aromatic rings. The largest absolute Gasteiger partial charge is 0.484 e. The van der Waals surface area contributed by atoms with Crippen LogP contribution in [-0.2, 0) is 14.4 Å². The van der Waals surface area contributed by atoms with Crippen LogP contribution in [0.5, 0.6) is 5.75 Å². The fraction of sp³-hybridized carbons (Fsp3) is 0.111. The summed E-state index contributed by atoms with van der Waals surface area (Å²) >= 11 is 0. The highest BCUT2D eigenvalue weighted by atomic mass is 16.5. The smallest absolute Gasteiger partial charge is 0.335 e. The second-order valence-electron chi connectivity index (χ2n) is 8.02. The number of barbiturate groups is 1. The SMILES string of the molecule is Cc1ccc(NC(=O)COc2cccc(/C=C3/C(=O)NC(=O)N(c4ccccc4)C3=O)c2)c(C)c1. The third kappa shape index (κ3) is 5.44. The molecule has 3 aromatic carbocycles. The topological polar surface area (TPSA) is 105 Å². The molecule has 8 heteroatoms. The summed E-state index contributed by atoms with van der Waals surface area (Å²) in [5.41, 5.74) is 3.41. The lowest BCUT2D eigenvalue weighted by molar-refractivity contribution is -0.122. The molecule has 0 spiro atoms. The van der Waals surface area contributed by atoms with Crippen molar-refractivity contribution in [1.29, 1.82) is 0 Å². The Morgan fingerprint density at radius 3 is 2.49 bits per heavy atom. The predicted octanol–water partition coefficient (Wildman–Crippen LogP) is 3.99. The lowest BCUT2D eigenvalue weighted by atomic mass is 10.1. The van der Waals surface area contributed by atoms with Crippen molar-refractivity contribution >= 4 is 41.2 Å². The molecule has 8 nitrogen and oxygen atoms in total. The lowest BCUT2D eigenvalue weighted by Gasteiger charge is -2.26. The van der Waals surface area contributed by atoms with Crippen LogP contribution in [0.25, 0.3) is 6.08 Å².